The molecule has 8 nitrogen and oxygen atoms in total. The lowest BCUT2D eigenvalue weighted by atomic mass is 9.93. The Kier molecular flexibility index (Phi) is 3.83. The van der Waals surface area contributed by atoms with Crippen LogP contribution >= 0.6 is 11.6 Å². The van der Waals surface area contributed by atoms with E-state index in [1.807, 2.05) is 0 Å². The maximum Gasteiger partial charge on any atom is 0.355 e. The highest BCUT2D eigenvalue weighted by molar-refractivity contribution is 6.30. The molecule has 1 aromatic heterocycles. The highest BCUT2D eigenvalue weighted by atomic mass is 35.5. The van der Waals surface area contributed by atoms with Crippen molar-refractivity contribution in [2.45, 2.75) is 13.0 Å². The summed E-state index contributed by atoms with van der Waals surface area (Å²) in [6.07, 6.45) is 0. The van der Waals surface area contributed by atoms with E-state index in [0.29, 0.717) is 5.02 Å². The van der Waals surface area contributed by atoms with Crippen LogP contribution in [0, 0.1) is 0 Å². The maximum atomic E-state index is 12.2. The molecule has 1 N–H and O–H groups in total. The minimum absolute atomic E-state index is 0.0299. The summed E-state index contributed by atoms with van der Waals surface area (Å²) in [4.78, 5) is 24.2. The molecule has 0 amide bonds. The van der Waals surface area contributed by atoms with Crippen molar-refractivity contribution in [3.63, 3.8) is 0 Å². The minimum Gasteiger partial charge on any atom is -0.464 e. The number of fused-ring (bicyclic) bond motifs is 1. The highest BCUT2D eigenvalue weighted by Gasteiger charge is 2.36. The van der Waals surface area contributed by atoms with E-state index in [1.165, 1.54) is 18.7 Å². The van der Waals surface area contributed by atoms with Gasteiger partial charge in [0, 0.05) is 5.02 Å². The minimum atomic E-state index is -0.664. The Balaban J connectivity index is 2.23. The van der Waals surface area contributed by atoms with Crippen LogP contribution in [0.5, 0.6) is 0 Å². The predicted molar refractivity (Wildman–Crippen MR) is 80.8 cm³/mol. The van der Waals surface area contributed by atoms with Gasteiger partial charge in [-0.05, 0) is 35.0 Å². The number of nitrogens with one attached hydrogen (secondary N) is 1. The van der Waals surface area contributed by atoms with E-state index < -0.39 is 12.0 Å². The number of hydrogen-bond donors (Lipinski definition) is 1. The van der Waals surface area contributed by atoms with Crippen LogP contribution < -0.4 is 5.32 Å². The van der Waals surface area contributed by atoms with E-state index in [9.17, 15) is 9.59 Å². The molecule has 1 aliphatic rings. The number of allylic oxidation sites excluding steroid dienone is 1. The summed E-state index contributed by atoms with van der Waals surface area (Å²) in [5.74, 6) is -0.710. The number of esters is 1. The number of halogens is 1. The van der Waals surface area contributed by atoms with Gasteiger partial charge in [-0.3, -0.25) is 4.79 Å². The van der Waals surface area contributed by atoms with Crippen molar-refractivity contribution in [2.75, 3.05) is 12.4 Å². The molecule has 0 saturated heterocycles. The van der Waals surface area contributed by atoms with Crippen LogP contribution in [0.3, 0.4) is 0 Å². The molecule has 118 valence electrons. The highest BCUT2D eigenvalue weighted by Crippen LogP contribution is 2.35. The zero-order valence-corrected chi connectivity index (χ0v) is 13.0. The first kappa shape index (κ1) is 15.2. The summed E-state index contributed by atoms with van der Waals surface area (Å²) in [6.45, 7) is 1.37. The number of anilines is 1. The predicted octanol–water partition coefficient (Wildman–Crippen LogP) is 1.36. The Morgan fingerprint density at radius 1 is 1.30 bits per heavy atom. The fraction of sp³-hybridized carbons (Fsp3) is 0.214. The summed E-state index contributed by atoms with van der Waals surface area (Å²) in [5.41, 5.74) is 0.970. The third kappa shape index (κ3) is 2.57. The van der Waals surface area contributed by atoms with Gasteiger partial charge in [-0.1, -0.05) is 28.8 Å². The lowest BCUT2D eigenvalue weighted by Gasteiger charge is -2.27. The van der Waals surface area contributed by atoms with E-state index in [0.717, 1.165) is 5.56 Å². The number of carbonyl (C=O) groups excluding carboxylic acids is 2. The second-order valence-electron chi connectivity index (χ2n) is 4.86. The summed E-state index contributed by atoms with van der Waals surface area (Å²) in [5, 5.41) is 14.6. The molecule has 0 spiro atoms. The van der Waals surface area contributed by atoms with Gasteiger partial charge in [-0.15, -0.1) is 0 Å². The quantitative estimate of drug-likeness (QED) is 0.846. The van der Waals surface area contributed by atoms with Gasteiger partial charge in [0.05, 0.1) is 12.7 Å². The number of hydrogen-bond acceptors (Lipinski definition) is 7. The molecule has 9 heteroatoms. The molecule has 3 rings (SSSR count). The molecule has 1 aliphatic heterocycles. The van der Waals surface area contributed by atoms with E-state index in [1.54, 1.807) is 24.3 Å². The molecule has 0 bridgehead atoms. The number of benzene rings is 1. The molecular weight excluding hydrogens is 322 g/mol. The molecule has 1 atom stereocenters. The summed E-state index contributed by atoms with van der Waals surface area (Å²) < 4.78 is 6.19. The standard InChI is InChI=1S/C14H12ClN5O3/c1-7(21)10-11(13(22)23-2)16-14-17-18-19-20(14)12(10)8-3-5-9(15)6-4-8/h3-6,12H,1-2H3,(H,16,17,19). The molecule has 0 saturated carbocycles. The average Bonchev–Trinajstić information content (AvgIpc) is 3.01. The van der Waals surface area contributed by atoms with Crippen molar-refractivity contribution < 1.29 is 14.3 Å². The smallest absolute Gasteiger partial charge is 0.355 e. The van der Waals surface area contributed by atoms with Crippen LogP contribution in [-0.4, -0.2) is 39.1 Å². The van der Waals surface area contributed by atoms with Crippen LogP contribution in [0.4, 0.5) is 5.95 Å². The molecular formula is C14H12ClN5O3. The monoisotopic (exact) mass is 333 g/mol. The summed E-state index contributed by atoms with van der Waals surface area (Å²) in [7, 11) is 1.24. The summed E-state index contributed by atoms with van der Waals surface area (Å²) in [6, 6.07) is 6.24. The Morgan fingerprint density at radius 2 is 2.00 bits per heavy atom. The Bertz CT molecular complexity index is 812. The van der Waals surface area contributed by atoms with E-state index in [-0.39, 0.29) is 23.0 Å². The SMILES string of the molecule is COC(=O)C1=C(C(C)=O)C(c2ccc(Cl)cc2)n2nnnc2N1. The second-order valence-corrected chi connectivity index (χ2v) is 5.30. The first-order chi connectivity index (χ1) is 11.0. The van der Waals surface area contributed by atoms with Crippen LogP contribution in [-0.2, 0) is 14.3 Å². The van der Waals surface area contributed by atoms with Gasteiger partial charge in [-0.25, -0.2) is 4.79 Å². The maximum absolute atomic E-state index is 12.2. The van der Waals surface area contributed by atoms with Crippen molar-refractivity contribution in [1.29, 1.82) is 0 Å². The largest absolute Gasteiger partial charge is 0.464 e. The van der Waals surface area contributed by atoms with Crippen LogP contribution in [0.25, 0.3) is 0 Å². The number of carbonyl (C=O) groups is 2. The van der Waals surface area contributed by atoms with Gasteiger partial charge >= 0.3 is 5.97 Å². The van der Waals surface area contributed by atoms with Gasteiger partial charge in [-0.2, -0.15) is 4.68 Å². The lowest BCUT2D eigenvalue weighted by molar-refractivity contribution is -0.136. The molecule has 0 aliphatic carbocycles. The van der Waals surface area contributed by atoms with Crippen LogP contribution in [0.1, 0.15) is 18.5 Å². The topological polar surface area (TPSA) is 99.0 Å². The molecule has 23 heavy (non-hydrogen) atoms. The molecule has 0 fully saturated rings. The van der Waals surface area contributed by atoms with Gasteiger partial charge < -0.3 is 10.1 Å². The van der Waals surface area contributed by atoms with Crippen molar-refractivity contribution in [3.05, 3.63) is 46.1 Å². The van der Waals surface area contributed by atoms with Crippen LogP contribution in [0.15, 0.2) is 35.5 Å². The van der Waals surface area contributed by atoms with Crippen molar-refractivity contribution in [3.8, 4) is 0 Å². The fourth-order valence-corrected chi connectivity index (χ4v) is 2.60. The van der Waals surface area contributed by atoms with E-state index >= 15 is 0 Å². The number of ether oxygens (including phenoxy) is 1. The Morgan fingerprint density at radius 3 is 2.61 bits per heavy atom. The number of methoxy groups -OCH3 is 1. The first-order valence-electron chi connectivity index (χ1n) is 6.66. The number of nitrogens with zero attached hydrogens (tertiary/aromatic N) is 4. The number of Topliss-reactive ketones (excluding diaryl/α,β-unsaturated/α-hetero) is 1. The molecule has 2 aromatic rings. The van der Waals surface area contributed by atoms with Gasteiger partial charge in [0.15, 0.2) is 5.78 Å². The molecule has 1 aromatic carbocycles. The number of aromatic nitrogens is 4. The van der Waals surface area contributed by atoms with E-state index in [4.69, 9.17) is 16.3 Å². The number of tetrazole rings is 1. The number of ketones is 1. The van der Waals surface area contributed by atoms with Crippen LogP contribution in [0.2, 0.25) is 5.02 Å². The third-order valence-electron chi connectivity index (χ3n) is 3.47. The van der Waals surface area contributed by atoms with Gasteiger partial charge in [0.2, 0.25) is 5.95 Å². The second kappa shape index (κ2) is 5.81. The van der Waals surface area contributed by atoms with Crippen molar-refractivity contribution >= 4 is 29.3 Å². The zero-order valence-electron chi connectivity index (χ0n) is 12.3. The summed E-state index contributed by atoms with van der Waals surface area (Å²) >= 11 is 5.92. The molecule has 0 radical (unpaired) electrons. The van der Waals surface area contributed by atoms with E-state index in [2.05, 4.69) is 20.8 Å². The van der Waals surface area contributed by atoms with Gasteiger partial charge in [0.25, 0.3) is 0 Å². The van der Waals surface area contributed by atoms with Crippen molar-refractivity contribution in [2.24, 2.45) is 0 Å². The molecule has 1 unspecified atom stereocenters. The molecule has 2 heterocycles. The first-order valence-corrected chi connectivity index (χ1v) is 7.04. The van der Waals surface area contributed by atoms with Crippen molar-refractivity contribution in [1.82, 2.24) is 20.2 Å². The Labute approximate surface area is 136 Å². The average molecular weight is 334 g/mol. The number of rotatable bonds is 3. The normalized spacial score (nSPS) is 16.6. The lowest BCUT2D eigenvalue weighted by Crippen LogP contribution is -2.32. The fourth-order valence-electron chi connectivity index (χ4n) is 2.47. The van der Waals surface area contributed by atoms with Gasteiger partial charge in [0.1, 0.15) is 11.7 Å². The zero-order chi connectivity index (χ0) is 16.6. The Hall–Kier alpha value is -2.74. The third-order valence-corrected chi connectivity index (χ3v) is 3.72.